The maximum Gasteiger partial charge on any atom is 0.161 e. The lowest BCUT2D eigenvalue weighted by Gasteiger charge is -2.17. The highest BCUT2D eigenvalue weighted by Gasteiger charge is 2.18. The van der Waals surface area contributed by atoms with Crippen LogP contribution in [0.25, 0.3) is 0 Å². The minimum Gasteiger partial charge on any atom is -0.490 e. The van der Waals surface area contributed by atoms with Gasteiger partial charge in [0.15, 0.2) is 11.5 Å². The van der Waals surface area contributed by atoms with Crippen LogP contribution >= 0.6 is 11.6 Å². The molecule has 3 rings (SSSR count). The molecule has 0 fully saturated rings. The first-order valence-corrected chi connectivity index (χ1v) is 7.37. The van der Waals surface area contributed by atoms with E-state index in [0.717, 1.165) is 28.9 Å². The van der Waals surface area contributed by atoms with Crippen molar-refractivity contribution in [3.63, 3.8) is 0 Å². The number of benzene rings is 2. The van der Waals surface area contributed by atoms with E-state index in [4.69, 9.17) is 21.1 Å². The van der Waals surface area contributed by atoms with Crippen LogP contribution in [0.3, 0.4) is 0 Å². The first kappa shape index (κ1) is 14.2. The SMILES string of the molecule is Cc1c(Cl)cccc1C(O)c1ccc2c(c1)OCCCO2. The van der Waals surface area contributed by atoms with Crippen molar-refractivity contribution in [2.24, 2.45) is 0 Å². The molecule has 1 aliphatic rings. The van der Waals surface area contributed by atoms with Gasteiger partial charge in [0.2, 0.25) is 0 Å². The second-order valence-corrected chi connectivity index (χ2v) is 5.52. The van der Waals surface area contributed by atoms with Crippen molar-refractivity contribution < 1.29 is 14.6 Å². The molecule has 4 heteroatoms. The van der Waals surface area contributed by atoms with Crippen molar-refractivity contribution in [2.45, 2.75) is 19.4 Å². The number of rotatable bonds is 2. The molecule has 1 N–H and O–H groups in total. The number of aliphatic hydroxyl groups is 1. The maximum absolute atomic E-state index is 10.6. The van der Waals surface area contributed by atoms with Crippen LogP contribution in [0.2, 0.25) is 5.02 Å². The van der Waals surface area contributed by atoms with Crippen LogP contribution in [0.4, 0.5) is 0 Å². The van der Waals surface area contributed by atoms with E-state index in [-0.39, 0.29) is 0 Å². The van der Waals surface area contributed by atoms with Gasteiger partial charge in [0.05, 0.1) is 13.2 Å². The van der Waals surface area contributed by atoms with Crippen LogP contribution in [-0.4, -0.2) is 18.3 Å². The van der Waals surface area contributed by atoms with Crippen LogP contribution in [0.5, 0.6) is 11.5 Å². The molecule has 2 aromatic rings. The van der Waals surface area contributed by atoms with E-state index in [0.29, 0.717) is 24.0 Å². The summed E-state index contributed by atoms with van der Waals surface area (Å²) in [4.78, 5) is 0. The van der Waals surface area contributed by atoms with E-state index in [1.165, 1.54) is 0 Å². The van der Waals surface area contributed by atoms with Gasteiger partial charge < -0.3 is 14.6 Å². The Morgan fingerprint density at radius 1 is 1.10 bits per heavy atom. The lowest BCUT2D eigenvalue weighted by atomic mass is 9.97. The zero-order valence-electron chi connectivity index (χ0n) is 11.8. The van der Waals surface area contributed by atoms with E-state index in [9.17, 15) is 5.11 Å². The Balaban J connectivity index is 1.96. The number of hydrogen-bond acceptors (Lipinski definition) is 3. The molecule has 0 spiro atoms. The summed E-state index contributed by atoms with van der Waals surface area (Å²) in [6, 6.07) is 11.1. The lowest BCUT2D eigenvalue weighted by Crippen LogP contribution is -2.03. The normalized spacial score (nSPS) is 15.4. The molecular formula is C17H17ClO3. The molecule has 0 amide bonds. The summed E-state index contributed by atoms with van der Waals surface area (Å²) in [5.74, 6) is 1.41. The Hall–Kier alpha value is -1.71. The summed E-state index contributed by atoms with van der Waals surface area (Å²) < 4.78 is 11.3. The monoisotopic (exact) mass is 304 g/mol. The van der Waals surface area contributed by atoms with Gasteiger partial charge in [-0.2, -0.15) is 0 Å². The standard InChI is InChI=1S/C17H17ClO3/c1-11-13(4-2-5-14(11)18)17(19)12-6-7-15-16(10-12)21-9-3-8-20-15/h2,4-7,10,17,19H,3,8-9H2,1H3. The molecule has 21 heavy (non-hydrogen) atoms. The molecule has 3 nitrogen and oxygen atoms in total. The number of fused-ring (bicyclic) bond motifs is 1. The van der Waals surface area contributed by atoms with E-state index in [1.54, 1.807) is 0 Å². The molecule has 0 saturated heterocycles. The van der Waals surface area contributed by atoms with E-state index >= 15 is 0 Å². The highest BCUT2D eigenvalue weighted by Crippen LogP contribution is 2.35. The first-order chi connectivity index (χ1) is 10.2. The summed E-state index contributed by atoms with van der Waals surface area (Å²) in [5, 5.41) is 11.3. The van der Waals surface area contributed by atoms with Crippen LogP contribution < -0.4 is 9.47 Å². The van der Waals surface area contributed by atoms with Crippen molar-refractivity contribution in [3.05, 3.63) is 58.1 Å². The molecule has 0 aromatic heterocycles. The summed E-state index contributed by atoms with van der Waals surface area (Å²) in [7, 11) is 0. The smallest absolute Gasteiger partial charge is 0.161 e. The summed E-state index contributed by atoms with van der Waals surface area (Å²) >= 11 is 6.13. The van der Waals surface area contributed by atoms with Gasteiger partial charge in [-0.1, -0.05) is 29.8 Å². The highest BCUT2D eigenvalue weighted by molar-refractivity contribution is 6.31. The lowest BCUT2D eigenvalue weighted by molar-refractivity contribution is 0.218. The highest BCUT2D eigenvalue weighted by atomic mass is 35.5. The predicted molar refractivity (Wildman–Crippen MR) is 82.3 cm³/mol. The predicted octanol–water partition coefficient (Wildman–Crippen LogP) is 3.89. The van der Waals surface area contributed by atoms with Gasteiger partial charge in [0, 0.05) is 11.4 Å². The quantitative estimate of drug-likeness (QED) is 0.915. The van der Waals surface area contributed by atoms with Gasteiger partial charge in [0.25, 0.3) is 0 Å². The molecule has 0 saturated carbocycles. The number of ether oxygens (including phenoxy) is 2. The minimum atomic E-state index is -0.735. The summed E-state index contributed by atoms with van der Waals surface area (Å²) in [6.07, 6.45) is 0.126. The van der Waals surface area contributed by atoms with Crippen molar-refractivity contribution in [2.75, 3.05) is 13.2 Å². The van der Waals surface area contributed by atoms with Crippen LogP contribution in [0.15, 0.2) is 36.4 Å². The molecular weight excluding hydrogens is 288 g/mol. The molecule has 110 valence electrons. The van der Waals surface area contributed by atoms with Gasteiger partial charge in [0.1, 0.15) is 6.10 Å². The van der Waals surface area contributed by atoms with Crippen molar-refractivity contribution in [1.82, 2.24) is 0 Å². The molecule has 1 unspecified atom stereocenters. The zero-order chi connectivity index (χ0) is 14.8. The van der Waals surface area contributed by atoms with Gasteiger partial charge in [-0.15, -0.1) is 0 Å². The van der Waals surface area contributed by atoms with Crippen molar-refractivity contribution in [1.29, 1.82) is 0 Å². The van der Waals surface area contributed by atoms with E-state index < -0.39 is 6.10 Å². The molecule has 1 atom stereocenters. The Morgan fingerprint density at radius 2 is 1.86 bits per heavy atom. The second kappa shape index (κ2) is 5.96. The van der Waals surface area contributed by atoms with Crippen LogP contribution in [-0.2, 0) is 0 Å². The third-order valence-electron chi connectivity index (χ3n) is 3.69. The van der Waals surface area contributed by atoms with Crippen molar-refractivity contribution >= 4 is 11.6 Å². The van der Waals surface area contributed by atoms with Gasteiger partial charge in [-0.05, 0) is 41.8 Å². The van der Waals surface area contributed by atoms with Gasteiger partial charge in [-0.3, -0.25) is 0 Å². The molecule has 0 bridgehead atoms. The molecule has 1 aliphatic heterocycles. The number of hydrogen-bond donors (Lipinski definition) is 1. The third-order valence-corrected chi connectivity index (χ3v) is 4.10. The van der Waals surface area contributed by atoms with E-state index in [2.05, 4.69) is 0 Å². The van der Waals surface area contributed by atoms with Crippen LogP contribution in [0.1, 0.15) is 29.2 Å². The topological polar surface area (TPSA) is 38.7 Å². The van der Waals surface area contributed by atoms with Gasteiger partial charge >= 0.3 is 0 Å². The Labute approximate surface area is 129 Å². The Morgan fingerprint density at radius 3 is 2.67 bits per heavy atom. The second-order valence-electron chi connectivity index (χ2n) is 5.11. The third kappa shape index (κ3) is 2.85. The Kier molecular flexibility index (Phi) is 4.04. The Bertz CT molecular complexity index is 654. The maximum atomic E-state index is 10.6. The average molecular weight is 305 g/mol. The van der Waals surface area contributed by atoms with E-state index in [1.807, 2.05) is 43.3 Å². The molecule has 1 heterocycles. The number of halogens is 1. The minimum absolute atomic E-state index is 0.628. The van der Waals surface area contributed by atoms with Gasteiger partial charge in [-0.25, -0.2) is 0 Å². The molecule has 0 radical (unpaired) electrons. The summed E-state index contributed by atoms with van der Waals surface area (Å²) in [6.45, 7) is 3.19. The zero-order valence-corrected chi connectivity index (χ0v) is 12.6. The van der Waals surface area contributed by atoms with Crippen molar-refractivity contribution in [3.8, 4) is 11.5 Å². The largest absolute Gasteiger partial charge is 0.490 e. The number of aliphatic hydroxyl groups excluding tert-OH is 1. The fraction of sp³-hybridized carbons (Fsp3) is 0.294. The summed E-state index contributed by atoms with van der Waals surface area (Å²) in [5.41, 5.74) is 2.46. The fourth-order valence-corrected chi connectivity index (χ4v) is 2.63. The average Bonchev–Trinajstić information content (AvgIpc) is 2.74. The first-order valence-electron chi connectivity index (χ1n) is 6.99. The molecule has 2 aromatic carbocycles. The fourth-order valence-electron chi connectivity index (χ4n) is 2.45. The van der Waals surface area contributed by atoms with Crippen LogP contribution in [0, 0.1) is 6.92 Å². The molecule has 0 aliphatic carbocycles.